The number of halogens is 3. The summed E-state index contributed by atoms with van der Waals surface area (Å²) in [6.45, 7) is 4.02. The number of pyridine rings is 1. The maximum absolute atomic E-state index is 12.4. The summed E-state index contributed by atoms with van der Waals surface area (Å²) in [7, 11) is 0. The Morgan fingerprint density at radius 2 is 2.00 bits per heavy atom. The van der Waals surface area contributed by atoms with Crippen LogP contribution in [-0.4, -0.2) is 18.4 Å². The SMILES string of the molecule is Cc1cc(C)[nH+]c(N2CCC(C(F)(F)F)=N2)c1. The molecule has 0 saturated carbocycles. The van der Waals surface area contributed by atoms with Gasteiger partial charge in [0.15, 0.2) is 5.71 Å². The van der Waals surface area contributed by atoms with Gasteiger partial charge in [0.2, 0.25) is 0 Å². The zero-order valence-electron chi connectivity index (χ0n) is 9.60. The molecule has 0 atom stereocenters. The average molecular weight is 244 g/mol. The second-order valence-corrected chi connectivity index (χ2v) is 4.14. The molecule has 0 aromatic carbocycles. The summed E-state index contributed by atoms with van der Waals surface area (Å²) in [4.78, 5) is 3.01. The Morgan fingerprint density at radius 1 is 1.29 bits per heavy atom. The van der Waals surface area contributed by atoms with Crippen LogP contribution < -0.4 is 9.99 Å². The van der Waals surface area contributed by atoms with E-state index < -0.39 is 11.9 Å². The molecule has 0 spiro atoms. The molecule has 17 heavy (non-hydrogen) atoms. The van der Waals surface area contributed by atoms with Crippen LogP contribution in [0.25, 0.3) is 0 Å². The molecule has 92 valence electrons. The summed E-state index contributed by atoms with van der Waals surface area (Å²) in [6, 6.07) is 3.71. The van der Waals surface area contributed by atoms with Crippen LogP contribution in [0.15, 0.2) is 17.2 Å². The zero-order valence-corrected chi connectivity index (χ0v) is 9.60. The molecule has 1 aliphatic rings. The monoisotopic (exact) mass is 244 g/mol. The summed E-state index contributed by atoms with van der Waals surface area (Å²) < 4.78 is 37.3. The van der Waals surface area contributed by atoms with Gasteiger partial charge in [0.05, 0.1) is 5.69 Å². The van der Waals surface area contributed by atoms with Crippen molar-refractivity contribution in [2.75, 3.05) is 11.6 Å². The van der Waals surface area contributed by atoms with Crippen molar-refractivity contribution < 1.29 is 18.2 Å². The Balaban J connectivity index is 2.28. The molecule has 0 bridgehead atoms. The standard InChI is InChI=1S/C11H12F3N3/c1-7-5-8(2)15-10(6-7)17-4-3-9(16-17)11(12,13)14/h5-6H,3-4H2,1-2H3/p+1. The molecule has 0 saturated heterocycles. The van der Waals surface area contributed by atoms with E-state index in [4.69, 9.17) is 0 Å². The van der Waals surface area contributed by atoms with Crippen LogP contribution in [0.4, 0.5) is 19.0 Å². The van der Waals surface area contributed by atoms with Crippen molar-refractivity contribution in [2.45, 2.75) is 26.4 Å². The van der Waals surface area contributed by atoms with Gasteiger partial charge in [-0.1, -0.05) is 5.10 Å². The molecule has 2 rings (SSSR count). The molecule has 1 aromatic rings. The molecule has 3 nitrogen and oxygen atoms in total. The van der Waals surface area contributed by atoms with Gasteiger partial charge in [-0.3, -0.25) is 0 Å². The summed E-state index contributed by atoms with van der Waals surface area (Å²) in [5, 5.41) is 4.97. The van der Waals surface area contributed by atoms with Crippen molar-refractivity contribution in [3.8, 4) is 0 Å². The van der Waals surface area contributed by atoms with E-state index in [0.29, 0.717) is 5.82 Å². The van der Waals surface area contributed by atoms with E-state index in [9.17, 15) is 13.2 Å². The number of aromatic nitrogens is 1. The largest absolute Gasteiger partial charge is 0.433 e. The Morgan fingerprint density at radius 3 is 2.53 bits per heavy atom. The van der Waals surface area contributed by atoms with Crippen molar-refractivity contribution in [1.29, 1.82) is 0 Å². The fraction of sp³-hybridized carbons (Fsp3) is 0.455. The normalized spacial score (nSPS) is 16.3. The van der Waals surface area contributed by atoms with Gasteiger partial charge < -0.3 is 0 Å². The minimum Gasteiger partial charge on any atom is -0.243 e. The number of rotatable bonds is 1. The first kappa shape index (κ1) is 11.9. The first-order chi connectivity index (χ1) is 7.86. The lowest BCUT2D eigenvalue weighted by Gasteiger charge is -2.05. The molecular weight excluding hydrogens is 231 g/mol. The predicted octanol–water partition coefficient (Wildman–Crippen LogP) is 2.25. The smallest absolute Gasteiger partial charge is 0.243 e. The molecular formula is C11H13F3N3+. The lowest BCUT2D eigenvalue weighted by molar-refractivity contribution is -0.373. The molecule has 0 unspecified atom stereocenters. The van der Waals surface area contributed by atoms with Gasteiger partial charge in [-0.25, -0.2) is 4.98 Å². The van der Waals surface area contributed by atoms with Crippen molar-refractivity contribution in [3.63, 3.8) is 0 Å². The fourth-order valence-corrected chi connectivity index (χ4v) is 1.84. The third kappa shape index (κ3) is 2.57. The van der Waals surface area contributed by atoms with E-state index >= 15 is 0 Å². The predicted molar refractivity (Wildman–Crippen MR) is 57.9 cm³/mol. The molecule has 1 aliphatic heterocycles. The number of nitrogens with one attached hydrogen (secondary N) is 1. The molecule has 0 radical (unpaired) electrons. The van der Waals surface area contributed by atoms with Crippen LogP contribution in [0.2, 0.25) is 0 Å². The lowest BCUT2D eigenvalue weighted by Crippen LogP contribution is -2.23. The molecule has 1 N–H and O–H groups in total. The van der Waals surface area contributed by atoms with E-state index in [1.807, 2.05) is 19.9 Å². The van der Waals surface area contributed by atoms with E-state index in [1.165, 1.54) is 5.01 Å². The molecule has 0 fully saturated rings. The summed E-state index contributed by atoms with van der Waals surface area (Å²) in [5.74, 6) is 0.599. The van der Waals surface area contributed by atoms with Gasteiger partial charge in [-0.15, -0.1) is 5.01 Å². The highest BCUT2D eigenvalue weighted by molar-refractivity contribution is 5.92. The van der Waals surface area contributed by atoms with Crippen LogP contribution in [0.3, 0.4) is 0 Å². The van der Waals surface area contributed by atoms with Gasteiger partial charge in [-0.2, -0.15) is 13.2 Å². The highest BCUT2D eigenvalue weighted by atomic mass is 19.4. The highest BCUT2D eigenvalue weighted by Gasteiger charge is 2.41. The second kappa shape index (κ2) is 4.01. The molecule has 2 heterocycles. The number of H-pyrrole nitrogens is 1. The Kier molecular flexibility index (Phi) is 2.81. The van der Waals surface area contributed by atoms with Crippen LogP contribution in [0.1, 0.15) is 17.7 Å². The number of anilines is 1. The highest BCUT2D eigenvalue weighted by Crippen LogP contribution is 2.25. The summed E-state index contributed by atoms with van der Waals surface area (Å²) in [6.07, 6.45) is -4.39. The Bertz CT molecular complexity index is 445. The summed E-state index contributed by atoms with van der Waals surface area (Å²) >= 11 is 0. The summed E-state index contributed by atoms with van der Waals surface area (Å²) in [5.41, 5.74) is 1.17. The molecule has 0 amide bonds. The zero-order chi connectivity index (χ0) is 12.6. The van der Waals surface area contributed by atoms with Crippen molar-refractivity contribution in [3.05, 3.63) is 23.4 Å². The maximum atomic E-state index is 12.4. The number of nitrogens with zero attached hydrogens (tertiary/aromatic N) is 2. The van der Waals surface area contributed by atoms with Crippen molar-refractivity contribution >= 4 is 11.5 Å². The number of alkyl halides is 3. The van der Waals surface area contributed by atoms with Gasteiger partial charge in [-0.05, 0) is 25.5 Å². The van der Waals surface area contributed by atoms with Crippen molar-refractivity contribution in [2.24, 2.45) is 5.10 Å². The Hall–Kier alpha value is -1.59. The van der Waals surface area contributed by atoms with E-state index in [-0.39, 0.29) is 13.0 Å². The van der Waals surface area contributed by atoms with Crippen LogP contribution in [-0.2, 0) is 0 Å². The van der Waals surface area contributed by atoms with Crippen LogP contribution in [0.5, 0.6) is 0 Å². The first-order valence-electron chi connectivity index (χ1n) is 5.29. The lowest BCUT2D eigenvalue weighted by atomic mass is 10.2. The molecule has 0 aliphatic carbocycles. The number of hydrogen-bond donors (Lipinski definition) is 0. The number of aromatic amines is 1. The van der Waals surface area contributed by atoms with E-state index in [2.05, 4.69) is 10.1 Å². The Labute approximate surface area is 97.0 Å². The number of hydrazone groups is 1. The third-order valence-corrected chi connectivity index (χ3v) is 2.54. The second-order valence-electron chi connectivity index (χ2n) is 4.14. The van der Waals surface area contributed by atoms with Crippen LogP contribution in [0, 0.1) is 13.8 Å². The minimum atomic E-state index is -4.33. The minimum absolute atomic E-state index is 0.0651. The van der Waals surface area contributed by atoms with Crippen molar-refractivity contribution in [1.82, 2.24) is 0 Å². The molecule has 6 heteroatoms. The maximum Gasteiger partial charge on any atom is 0.433 e. The molecule has 1 aromatic heterocycles. The van der Waals surface area contributed by atoms with Gasteiger partial charge in [0.25, 0.3) is 5.82 Å². The first-order valence-corrected chi connectivity index (χ1v) is 5.29. The van der Waals surface area contributed by atoms with E-state index in [0.717, 1.165) is 11.3 Å². The average Bonchev–Trinajstić information content (AvgIpc) is 2.63. The van der Waals surface area contributed by atoms with E-state index in [1.54, 1.807) is 6.07 Å². The number of hydrogen-bond acceptors (Lipinski definition) is 2. The van der Waals surface area contributed by atoms with Crippen LogP contribution >= 0.6 is 0 Å². The van der Waals surface area contributed by atoms with Gasteiger partial charge in [0.1, 0.15) is 6.54 Å². The quantitative estimate of drug-likeness (QED) is 0.745. The topological polar surface area (TPSA) is 29.7 Å². The third-order valence-electron chi connectivity index (χ3n) is 2.54. The van der Waals surface area contributed by atoms with Gasteiger partial charge in [0, 0.05) is 12.5 Å². The van der Waals surface area contributed by atoms with Gasteiger partial charge >= 0.3 is 6.18 Å². The fourth-order valence-electron chi connectivity index (χ4n) is 1.84. The number of aryl methyl sites for hydroxylation is 2.